The summed E-state index contributed by atoms with van der Waals surface area (Å²) in [7, 11) is -3.25. The zero-order valence-corrected chi connectivity index (χ0v) is 15.7. The van der Waals surface area contributed by atoms with Gasteiger partial charge >= 0.3 is 0 Å². The van der Waals surface area contributed by atoms with Gasteiger partial charge in [-0.3, -0.25) is 0 Å². The van der Waals surface area contributed by atoms with Crippen LogP contribution in [-0.2, 0) is 10.0 Å². The molecule has 0 aromatic carbocycles. The molecule has 9 heteroatoms. The van der Waals surface area contributed by atoms with Crippen molar-refractivity contribution in [3.8, 4) is 5.82 Å². The second kappa shape index (κ2) is 6.72. The van der Waals surface area contributed by atoms with E-state index in [0.717, 1.165) is 12.4 Å². The molecular formula is C16H24N6O2S. The molecule has 3 heterocycles. The number of hydrogen-bond acceptors (Lipinski definition) is 6. The molecule has 0 unspecified atom stereocenters. The van der Waals surface area contributed by atoms with Crippen molar-refractivity contribution in [2.75, 3.05) is 24.2 Å². The Morgan fingerprint density at radius 1 is 1.24 bits per heavy atom. The molecule has 1 aliphatic rings. The number of nitrogens with zero attached hydrogens (tertiary/aromatic N) is 5. The summed E-state index contributed by atoms with van der Waals surface area (Å²) in [6.45, 7) is 7.42. The maximum Gasteiger partial charge on any atom is 0.209 e. The lowest BCUT2D eigenvalue weighted by Crippen LogP contribution is -2.41. The molecule has 25 heavy (non-hydrogen) atoms. The molecule has 1 aliphatic heterocycles. The maximum atomic E-state index is 11.7. The van der Waals surface area contributed by atoms with Crippen LogP contribution in [0.2, 0.25) is 0 Å². The molecule has 0 saturated carbocycles. The molecule has 0 radical (unpaired) electrons. The van der Waals surface area contributed by atoms with Gasteiger partial charge in [-0.2, -0.15) is 5.10 Å². The second-order valence-corrected chi connectivity index (χ2v) is 8.67. The van der Waals surface area contributed by atoms with Crippen LogP contribution in [-0.4, -0.2) is 53.6 Å². The predicted octanol–water partition coefficient (Wildman–Crippen LogP) is 0.981. The van der Waals surface area contributed by atoms with E-state index in [-0.39, 0.29) is 12.0 Å². The zero-order valence-electron chi connectivity index (χ0n) is 14.9. The molecule has 0 amide bonds. The first kappa shape index (κ1) is 17.8. The molecule has 3 rings (SSSR count). The molecule has 136 valence electrons. The van der Waals surface area contributed by atoms with Gasteiger partial charge in [0, 0.05) is 37.6 Å². The number of anilines is 1. The molecule has 0 aliphatic carbocycles. The van der Waals surface area contributed by atoms with Crippen LogP contribution in [0.25, 0.3) is 5.82 Å². The van der Waals surface area contributed by atoms with Crippen molar-refractivity contribution in [3.63, 3.8) is 0 Å². The summed E-state index contributed by atoms with van der Waals surface area (Å²) >= 11 is 0. The van der Waals surface area contributed by atoms with Crippen molar-refractivity contribution in [2.45, 2.75) is 26.8 Å². The number of hydrogen-bond donors (Lipinski definition) is 1. The van der Waals surface area contributed by atoms with E-state index >= 15 is 0 Å². The first-order chi connectivity index (χ1) is 11.7. The summed E-state index contributed by atoms with van der Waals surface area (Å²) < 4.78 is 27.9. The van der Waals surface area contributed by atoms with Gasteiger partial charge < -0.3 is 4.90 Å². The molecule has 1 fully saturated rings. The zero-order chi connectivity index (χ0) is 18.2. The third kappa shape index (κ3) is 4.16. The fourth-order valence-corrected chi connectivity index (χ4v) is 4.11. The number of rotatable bonds is 5. The highest BCUT2D eigenvalue weighted by Gasteiger charge is 2.37. The van der Waals surface area contributed by atoms with E-state index in [1.807, 2.05) is 25.3 Å². The van der Waals surface area contributed by atoms with Crippen LogP contribution in [0.4, 0.5) is 5.82 Å². The normalized spacial score (nSPS) is 21.2. The molecule has 0 spiro atoms. The Bertz CT molecular complexity index is 834. The fourth-order valence-electron chi connectivity index (χ4n) is 3.31. The van der Waals surface area contributed by atoms with E-state index < -0.39 is 10.0 Å². The molecular weight excluding hydrogens is 340 g/mol. The Morgan fingerprint density at radius 2 is 1.96 bits per heavy atom. The van der Waals surface area contributed by atoms with Crippen LogP contribution in [0.5, 0.6) is 0 Å². The van der Waals surface area contributed by atoms with E-state index in [9.17, 15) is 8.42 Å². The van der Waals surface area contributed by atoms with E-state index in [0.29, 0.717) is 24.1 Å². The predicted molar refractivity (Wildman–Crippen MR) is 96.2 cm³/mol. The van der Waals surface area contributed by atoms with Crippen molar-refractivity contribution in [1.82, 2.24) is 24.5 Å². The third-order valence-corrected chi connectivity index (χ3v) is 5.19. The average molecular weight is 364 g/mol. The average Bonchev–Trinajstić information content (AvgIpc) is 3.14. The lowest BCUT2D eigenvalue weighted by molar-refractivity contribution is 0.365. The van der Waals surface area contributed by atoms with Gasteiger partial charge in [0.15, 0.2) is 5.82 Å². The Hall–Kier alpha value is -2.00. The third-order valence-electron chi connectivity index (χ3n) is 4.46. The molecule has 2 aromatic rings. The fraction of sp³-hybridized carbons (Fsp3) is 0.562. The number of aryl methyl sites for hydroxylation is 1. The van der Waals surface area contributed by atoms with Gasteiger partial charge in [-0.25, -0.2) is 27.8 Å². The molecule has 8 nitrogen and oxygen atoms in total. The summed E-state index contributed by atoms with van der Waals surface area (Å²) in [5, 5.41) is 4.22. The monoisotopic (exact) mass is 364 g/mol. The summed E-state index contributed by atoms with van der Waals surface area (Å²) in [5.74, 6) is 2.73. The van der Waals surface area contributed by atoms with E-state index in [1.54, 1.807) is 10.9 Å². The van der Waals surface area contributed by atoms with Gasteiger partial charge in [0.2, 0.25) is 10.0 Å². The van der Waals surface area contributed by atoms with Crippen molar-refractivity contribution < 1.29 is 8.42 Å². The standard InChI is InChI=1S/C16H24N6O2S/c1-11(2)13-9-21(10-14(13)20-25(4,23)24)15-8-16(19-12(3)18-15)22-7-5-6-17-22/h5-8,11,13-14,20H,9-10H2,1-4H3/t13-,14+/m0/s1. The number of aromatic nitrogens is 4. The summed E-state index contributed by atoms with van der Waals surface area (Å²) in [6.07, 6.45) is 4.74. The lowest BCUT2D eigenvalue weighted by atomic mass is 9.92. The second-order valence-electron chi connectivity index (χ2n) is 6.89. The van der Waals surface area contributed by atoms with Gasteiger partial charge in [-0.15, -0.1) is 0 Å². The topological polar surface area (TPSA) is 93.0 Å². The Morgan fingerprint density at radius 3 is 2.56 bits per heavy atom. The van der Waals surface area contributed by atoms with Gasteiger partial charge in [-0.05, 0) is 24.8 Å². The lowest BCUT2D eigenvalue weighted by Gasteiger charge is -2.21. The van der Waals surface area contributed by atoms with E-state index in [4.69, 9.17) is 0 Å². The highest BCUT2D eigenvalue weighted by molar-refractivity contribution is 7.88. The Kier molecular flexibility index (Phi) is 4.79. The highest BCUT2D eigenvalue weighted by Crippen LogP contribution is 2.29. The smallest absolute Gasteiger partial charge is 0.209 e. The van der Waals surface area contributed by atoms with Crippen LogP contribution in [0.1, 0.15) is 19.7 Å². The van der Waals surface area contributed by atoms with Gasteiger partial charge in [-0.1, -0.05) is 13.8 Å². The number of nitrogens with one attached hydrogen (secondary N) is 1. The number of sulfonamides is 1. The van der Waals surface area contributed by atoms with Crippen LogP contribution in [0.15, 0.2) is 24.5 Å². The molecule has 1 saturated heterocycles. The van der Waals surface area contributed by atoms with Gasteiger partial charge in [0.05, 0.1) is 6.26 Å². The van der Waals surface area contributed by atoms with Crippen LogP contribution in [0.3, 0.4) is 0 Å². The minimum atomic E-state index is -3.25. The van der Waals surface area contributed by atoms with Crippen molar-refractivity contribution in [2.24, 2.45) is 11.8 Å². The first-order valence-corrected chi connectivity index (χ1v) is 10.2. The molecule has 2 aromatic heterocycles. The Labute approximate surface area is 148 Å². The van der Waals surface area contributed by atoms with Gasteiger partial charge in [0.25, 0.3) is 0 Å². The molecule has 2 atom stereocenters. The van der Waals surface area contributed by atoms with Crippen molar-refractivity contribution in [3.05, 3.63) is 30.4 Å². The SMILES string of the molecule is Cc1nc(N2C[C@@H](NS(C)(=O)=O)[C@H](C(C)C)C2)cc(-n2cccn2)n1. The minimum Gasteiger partial charge on any atom is -0.354 e. The van der Waals surface area contributed by atoms with Gasteiger partial charge in [0.1, 0.15) is 11.6 Å². The molecule has 0 bridgehead atoms. The van der Waals surface area contributed by atoms with Crippen LogP contribution < -0.4 is 9.62 Å². The minimum absolute atomic E-state index is 0.126. The van der Waals surface area contributed by atoms with E-state index in [1.165, 1.54) is 6.26 Å². The quantitative estimate of drug-likeness (QED) is 0.850. The van der Waals surface area contributed by atoms with E-state index in [2.05, 4.69) is 38.5 Å². The largest absolute Gasteiger partial charge is 0.354 e. The summed E-state index contributed by atoms with van der Waals surface area (Å²) in [4.78, 5) is 11.1. The van der Waals surface area contributed by atoms with Crippen molar-refractivity contribution in [1.29, 1.82) is 0 Å². The first-order valence-electron chi connectivity index (χ1n) is 8.31. The van der Waals surface area contributed by atoms with Crippen molar-refractivity contribution >= 4 is 15.8 Å². The highest BCUT2D eigenvalue weighted by atomic mass is 32.2. The van der Waals surface area contributed by atoms with Crippen LogP contribution in [0, 0.1) is 18.8 Å². The van der Waals surface area contributed by atoms with Crippen LogP contribution >= 0.6 is 0 Å². The maximum absolute atomic E-state index is 11.7. The Balaban J connectivity index is 1.89. The molecule has 1 N–H and O–H groups in total. The summed E-state index contributed by atoms with van der Waals surface area (Å²) in [5.41, 5.74) is 0. The summed E-state index contributed by atoms with van der Waals surface area (Å²) in [6, 6.07) is 3.60.